The Balaban J connectivity index is 1.17. The van der Waals surface area contributed by atoms with Crippen molar-refractivity contribution in [2.75, 3.05) is 13.2 Å². The highest BCUT2D eigenvalue weighted by atomic mass is 16.8. The fraction of sp³-hybridized carbons (Fsp3) is 0.905. The number of aliphatic hydroxyl groups excluding tert-OH is 7. The van der Waals surface area contributed by atoms with E-state index < -0.39 is 96.9 Å². The van der Waals surface area contributed by atoms with Crippen molar-refractivity contribution in [3.05, 3.63) is 11.6 Å². The minimum Gasteiger partial charge on any atom is -0.481 e. The first kappa shape index (κ1) is 43.3. The van der Waals surface area contributed by atoms with E-state index in [0.29, 0.717) is 25.7 Å². The summed E-state index contributed by atoms with van der Waals surface area (Å²) in [5, 5.41) is 94.7. The van der Waals surface area contributed by atoms with Gasteiger partial charge in [0.2, 0.25) is 0 Å². The normalized spacial score (nSPS) is 55.0. The Labute approximate surface area is 334 Å². The van der Waals surface area contributed by atoms with Crippen LogP contribution in [0.5, 0.6) is 0 Å². The molecule has 0 radical (unpaired) electrons. The van der Waals surface area contributed by atoms with Crippen LogP contribution in [0.4, 0.5) is 0 Å². The molecule has 2 saturated heterocycles. The molecule has 0 aromatic rings. The molecule has 0 aromatic heterocycles. The lowest BCUT2D eigenvalue weighted by Gasteiger charge is -2.71. The molecule has 0 aromatic carbocycles. The molecule has 4 saturated carbocycles. The van der Waals surface area contributed by atoms with Crippen molar-refractivity contribution in [3.8, 4) is 0 Å². The molecule has 0 spiro atoms. The fourth-order valence-corrected chi connectivity index (χ4v) is 13.6. The fourth-order valence-electron chi connectivity index (χ4n) is 13.6. The van der Waals surface area contributed by atoms with Crippen LogP contribution in [0, 0.1) is 50.2 Å². The van der Waals surface area contributed by atoms with E-state index in [9.17, 15) is 55.5 Å². The smallest absolute Gasteiger partial charge is 0.335 e. The van der Waals surface area contributed by atoms with Gasteiger partial charge in [-0.25, -0.2) is 4.79 Å². The highest BCUT2D eigenvalue weighted by Gasteiger charge is 2.69. The molecule has 0 amide bonds. The Morgan fingerprint density at radius 3 is 2.07 bits per heavy atom. The molecule has 7 rings (SSSR count). The van der Waals surface area contributed by atoms with Crippen LogP contribution >= 0.6 is 0 Å². The van der Waals surface area contributed by atoms with E-state index in [0.717, 1.165) is 38.5 Å². The maximum absolute atomic E-state index is 12.5. The Bertz CT molecular complexity index is 1590. The van der Waals surface area contributed by atoms with Gasteiger partial charge >= 0.3 is 11.9 Å². The van der Waals surface area contributed by atoms with E-state index >= 15 is 0 Å². The van der Waals surface area contributed by atoms with E-state index in [1.54, 1.807) is 0 Å². The minimum absolute atomic E-state index is 0.0524. The number of aliphatic carboxylic acids is 2. The Morgan fingerprint density at radius 1 is 0.754 bits per heavy atom. The number of fused-ring (bicyclic) bond motifs is 7. The van der Waals surface area contributed by atoms with Crippen LogP contribution in [0.15, 0.2) is 11.6 Å². The predicted molar refractivity (Wildman–Crippen MR) is 200 cm³/mol. The Morgan fingerprint density at radius 2 is 1.44 bits per heavy atom. The highest BCUT2D eigenvalue weighted by Crippen LogP contribution is 2.76. The lowest BCUT2D eigenvalue weighted by molar-refractivity contribution is -0.375. The number of allylic oxidation sites excluding steroid dienone is 2. The average Bonchev–Trinajstić information content (AvgIpc) is 3.16. The summed E-state index contributed by atoms with van der Waals surface area (Å²) in [4.78, 5) is 24.7. The van der Waals surface area contributed by atoms with Crippen molar-refractivity contribution >= 4 is 11.9 Å². The van der Waals surface area contributed by atoms with Gasteiger partial charge in [0.1, 0.15) is 42.7 Å². The van der Waals surface area contributed by atoms with Crippen LogP contribution in [0.25, 0.3) is 0 Å². The second-order valence-corrected chi connectivity index (χ2v) is 20.4. The lowest BCUT2D eigenvalue weighted by atomic mass is 9.33. The summed E-state index contributed by atoms with van der Waals surface area (Å²) in [7, 11) is 0. The van der Waals surface area contributed by atoms with Crippen LogP contribution in [0.1, 0.15) is 106 Å². The van der Waals surface area contributed by atoms with E-state index in [-0.39, 0.29) is 46.0 Å². The van der Waals surface area contributed by atoms with Crippen molar-refractivity contribution < 1.29 is 74.5 Å². The summed E-state index contributed by atoms with van der Waals surface area (Å²) in [5.41, 5.74) is -0.640. The Kier molecular flexibility index (Phi) is 11.2. The van der Waals surface area contributed by atoms with Gasteiger partial charge in [-0.15, -0.1) is 0 Å². The van der Waals surface area contributed by atoms with Gasteiger partial charge in [0, 0.05) is 5.41 Å². The van der Waals surface area contributed by atoms with Gasteiger partial charge in [-0.1, -0.05) is 46.3 Å². The van der Waals surface area contributed by atoms with E-state index in [4.69, 9.17) is 18.9 Å². The first-order chi connectivity index (χ1) is 26.5. The molecule has 7 aliphatic rings. The van der Waals surface area contributed by atoms with Gasteiger partial charge in [-0.05, 0) is 111 Å². The number of aliphatic hydroxyl groups is 7. The first-order valence-corrected chi connectivity index (χ1v) is 21.0. The van der Waals surface area contributed by atoms with Crippen LogP contribution in [-0.2, 0) is 28.5 Å². The molecular weight excluding hydrogens is 744 g/mol. The van der Waals surface area contributed by atoms with Crippen molar-refractivity contribution in [3.63, 3.8) is 0 Å². The molecule has 5 aliphatic carbocycles. The first-order valence-electron chi connectivity index (χ1n) is 21.0. The summed E-state index contributed by atoms with van der Waals surface area (Å²) in [6, 6.07) is 0. The summed E-state index contributed by atoms with van der Waals surface area (Å²) in [6.07, 6.45) is -7.93. The number of rotatable bonds is 8. The summed E-state index contributed by atoms with van der Waals surface area (Å²) >= 11 is 0. The molecular formula is C42H66O15. The molecule has 324 valence electrons. The van der Waals surface area contributed by atoms with E-state index in [1.807, 2.05) is 13.8 Å². The molecule has 2 heterocycles. The van der Waals surface area contributed by atoms with Crippen molar-refractivity contribution in [1.82, 2.24) is 0 Å². The molecule has 0 bridgehead atoms. The van der Waals surface area contributed by atoms with Crippen LogP contribution in [-0.4, -0.2) is 139 Å². The molecule has 0 unspecified atom stereocenters. The van der Waals surface area contributed by atoms with Gasteiger partial charge in [0.05, 0.1) is 24.7 Å². The lowest BCUT2D eigenvalue weighted by Crippen LogP contribution is -2.67. The number of carbonyl (C=O) groups is 2. The van der Waals surface area contributed by atoms with Gasteiger partial charge in [0.15, 0.2) is 18.7 Å². The SMILES string of the molecule is C[C@@]1(C(=O)O)CC[C@]2(C)CC[C@]3(C)C(=CC[C@@H]4[C@@]5(C)CC[C@H](O[C@@H]6O[C@H](C(=O)O)[C@@H](O)[C@H](O)[C@H]6O[C@@H]6O[C@H](CO)[C@@H](O)[C@H](O)[C@H]6O)[C@@](C)(CO)[C@@H]5CC[C@]43C)[C@@H]2C1. The van der Waals surface area contributed by atoms with Crippen molar-refractivity contribution in [2.24, 2.45) is 50.2 Å². The number of hydrogen-bond acceptors (Lipinski definition) is 13. The van der Waals surface area contributed by atoms with Crippen LogP contribution in [0.2, 0.25) is 0 Å². The number of hydrogen-bond donors (Lipinski definition) is 9. The second kappa shape index (κ2) is 14.7. The number of ether oxygens (including phenoxy) is 4. The third kappa shape index (κ3) is 6.39. The largest absolute Gasteiger partial charge is 0.481 e. The molecule has 57 heavy (non-hydrogen) atoms. The highest BCUT2D eigenvalue weighted by molar-refractivity contribution is 5.74. The summed E-state index contributed by atoms with van der Waals surface area (Å²) in [5.74, 6) is -1.90. The average molecular weight is 811 g/mol. The van der Waals surface area contributed by atoms with E-state index in [1.165, 1.54) is 5.57 Å². The quantitative estimate of drug-likeness (QED) is 0.126. The number of carboxylic acid groups (broad SMARTS) is 2. The van der Waals surface area contributed by atoms with Gasteiger partial charge in [-0.2, -0.15) is 0 Å². The minimum atomic E-state index is -1.98. The molecule has 9 N–H and O–H groups in total. The predicted octanol–water partition coefficient (Wildman–Crippen LogP) is 1.95. The van der Waals surface area contributed by atoms with Crippen molar-refractivity contribution in [2.45, 2.75) is 173 Å². The zero-order chi connectivity index (χ0) is 41.8. The second-order valence-electron chi connectivity index (χ2n) is 20.4. The molecule has 15 nitrogen and oxygen atoms in total. The monoisotopic (exact) mass is 810 g/mol. The standard InChI is InChI=1S/C42H66O15/c1-37-13-14-38(2,36(52)53)17-21(37)20-7-8-24-39(3)11-10-25(40(4,19-44)23(39)9-12-42(24,6)41(20,5)16-15-37)55-35-32(29(48)28(47)31(56-35)33(50)51)57-34-30(49)27(46)26(45)22(18-43)54-34/h7,21-32,34-35,43-49H,8-19H2,1-6H3,(H,50,51)(H,52,53)/t21-,22+,23+,24+,25-,26+,27-,28-,29-,30+,31-,32+,34-,35+,37+,38+,39-,40-,41+,42+/m0/s1. The van der Waals surface area contributed by atoms with Crippen LogP contribution < -0.4 is 0 Å². The van der Waals surface area contributed by atoms with Gasteiger partial charge in [0.25, 0.3) is 0 Å². The van der Waals surface area contributed by atoms with E-state index in [2.05, 4.69) is 33.8 Å². The molecule has 2 aliphatic heterocycles. The molecule has 15 heteroatoms. The maximum atomic E-state index is 12.5. The Hall–Kier alpha value is -1.76. The van der Waals surface area contributed by atoms with Crippen molar-refractivity contribution in [1.29, 1.82) is 0 Å². The summed E-state index contributed by atoms with van der Waals surface area (Å²) in [6.45, 7) is 12.4. The van der Waals surface area contributed by atoms with Gasteiger partial charge in [-0.3, -0.25) is 4.79 Å². The number of carboxylic acids is 2. The third-order valence-electron chi connectivity index (χ3n) is 17.7. The third-order valence-corrected chi connectivity index (χ3v) is 17.7. The maximum Gasteiger partial charge on any atom is 0.335 e. The zero-order valence-corrected chi connectivity index (χ0v) is 34.1. The van der Waals surface area contributed by atoms with Gasteiger partial charge < -0.3 is 64.9 Å². The zero-order valence-electron chi connectivity index (χ0n) is 34.1. The topological polar surface area (TPSA) is 253 Å². The molecule has 20 atom stereocenters. The van der Waals surface area contributed by atoms with Crippen LogP contribution in [0.3, 0.4) is 0 Å². The molecule has 6 fully saturated rings. The summed E-state index contributed by atoms with van der Waals surface area (Å²) < 4.78 is 23.8.